The molecule has 1 N–H and O–H groups in total. The summed E-state index contributed by atoms with van der Waals surface area (Å²) in [6.45, 7) is 8.51. The highest BCUT2D eigenvalue weighted by molar-refractivity contribution is 5.35. The van der Waals surface area contributed by atoms with Crippen molar-refractivity contribution < 1.29 is 4.74 Å². The summed E-state index contributed by atoms with van der Waals surface area (Å²) in [6.07, 6.45) is 7.01. The van der Waals surface area contributed by atoms with Crippen LogP contribution in [-0.2, 0) is 0 Å². The highest BCUT2D eigenvalue weighted by Gasteiger charge is 2.18. The second-order valence-corrected chi connectivity index (χ2v) is 6.56. The van der Waals surface area contributed by atoms with E-state index < -0.39 is 0 Å². The molecule has 0 bridgehead atoms. The van der Waals surface area contributed by atoms with E-state index >= 15 is 0 Å². The van der Waals surface area contributed by atoms with Crippen molar-refractivity contribution in [1.82, 2.24) is 5.32 Å². The van der Waals surface area contributed by atoms with Gasteiger partial charge in [0, 0.05) is 11.6 Å². The first-order chi connectivity index (χ1) is 10.2. The fraction of sp³-hybridized carbons (Fsp3) is 0.684. The van der Waals surface area contributed by atoms with E-state index in [0.29, 0.717) is 6.04 Å². The minimum Gasteiger partial charge on any atom is -0.494 e. The Labute approximate surface area is 130 Å². The lowest BCUT2D eigenvalue weighted by molar-refractivity contribution is 0.272. The van der Waals surface area contributed by atoms with E-state index in [4.69, 9.17) is 4.74 Å². The van der Waals surface area contributed by atoms with Crippen LogP contribution in [0.1, 0.15) is 64.5 Å². The fourth-order valence-corrected chi connectivity index (χ4v) is 3.36. The maximum atomic E-state index is 5.73. The normalized spacial score (nSPS) is 23.8. The van der Waals surface area contributed by atoms with E-state index in [-0.39, 0.29) is 0 Å². The lowest BCUT2D eigenvalue weighted by atomic mass is 9.81. The molecule has 0 aliphatic heterocycles. The second-order valence-electron chi connectivity index (χ2n) is 6.56. The summed E-state index contributed by atoms with van der Waals surface area (Å²) in [6, 6.07) is 8.74. The summed E-state index contributed by atoms with van der Waals surface area (Å²) in [5, 5.41) is 3.68. The summed E-state index contributed by atoms with van der Waals surface area (Å²) >= 11 is 0. The van der Waals surface area contributed by atoms with Crippen LogP contribution < -0.4 is 10.1 Å². The van der Waals surface area contributed by atoms with Gasteiger partial charge in [-0.15, -0.1) is 0 Å². The monoisotopic (exact) mass is 289 g/mol. The smallest absolute Gasteiger partial charge is 0.124 e. The van der Waals surface area contributed by atoms with Crippen molar-refractivity contribution in [1.29, 1.82) is 0 Å². The lowest BCUT2D eigenvalue weighted by Gasteiger charge is -2.27. The molecule has 1 aromatic carbocycles. The van der Waals surface area contributed by atoms with Crippen LogP contribution in [0, 0.1) is 11.8 Å². The Hall–Kier alpha value is -1.02. The maximum absolute atomic E-state index is 5.73. The Morgan fingerprint density at radius 3 is 2.62 bits per heavy atom. The van der Waals surface area contributed by atoms with Crippen LogP contribution in [0.5, 0.6) is 5.75 Å². The Kier molecular flexibility index (Phi) is 6.56. The van der Waals surface area contributed by atoms with Gasteiger partial charge in [-0.05, 0) is 44.7 Å². The summed E-state index contributed by atoms with van der Waals surface area (Å²) in [5.41, 5.74) is 1.27. The summed E-state index contributed by atoms with van der Waals surface area (Å²) in [5.74, 6) is 2.90. The molecule has 0 spiro atoms. The van der Waals surface area contributed by atoms with E-state index in [9.17, 15) is 0 Å². The van der Waals surface area contributed by atoms with E-state index in [0.717, 1.165) is 30.7 Å². The van der Waals surface area contributed by atoms with Gasteiger partial charge in [-0.1, -0.05) is 50.8 Å². The first kappa shape index (κ1) is 16.4. The Morgan fingerprint density at radius 1 is 1.19 bits per heavy atom. The minimum absolute atomic E-state index is 0.357. The third-order valence-electron chi connectivity index (χ3n) is 4.82. The SMILES string of the molecule is CCOc1ccccc1C(C)NCCC1CCC(C)CC1. The molecule has 1 aliphatic rings. The number of para-hydroxylation sites is 1. The molecule has 2 rings (SSSR count). The molecule has 21 heavy (non-hydrogen) atoms. The van der Waals surface area contributed by atoms with Gasteiger partial charge in [0.2, 0.25) is 0 Å². The molecule has 0 aromatic heterocycles. The molecule has 1 saturated carbocycles. The number of ether oxygens (including phenoxy) is 1. The molecule has 118 valence electrons. The zero-order chi connectivity index (χ0) is 15.1. The van der Waals surface area contributed by atoms with Crippen molar-refractivity contribution in [2.45, 2.75) is 58.9 Å². The maximum Gasteiger partial charge on any atom is 0.124 e. The van der Waals surface area contributed by atoms with Gasteiger partial charge in [-0.2, -0.15) is 0 Å². The first-order valence-corrected chi connectivity index (χ1v) is 8.65. The number of hydrogen-bond acceptors (Lipinski definition) is 2. The third-order valence-corrected chi connectivity index (χ3v) is 4.82. The topological polar surface area (TPSA) is 21.3 Å². The van der Waals surface area contributed by atoms with Gasteiger partial charge in [-0.25, -0.2) is 0 Å². The average Bonchev–Trinajstić information content (AvgIpc) is 2.50. The van der Waals surface area contributed by atoms with Crippen LogP contribution in [-0.4, -0.2) is 13.2 Å². The van der Waals surface area contributed by atoms with Gasteiger partial charge >= 0.3 is 0 Å². The standard InChI is InChI=1S/C19H31NO/c1-4-21-19-8-6-5-7-18(19)16(3)20-14-13-17-11-9-15(2)10-12-17/h5-8,15-17,20H,4,9-14H2,1-3H3. The lowest BCUT2D eigenvalue weighted by Crippen LogP contribution is -2.24. The molecule has 2 nitrogen and oxygen atoms in total. The summed E-state index contributed by atoms with van der Waals surface area (Å²) in [7, 11) is 0. The van der Waals surface area contributed by atoms with Crippen molar-refractivity contribution in [2.75, 3.05) is 13.2 Å². The van der Waals surface area contributed by atoms with Crippen LogP contribution in [0.4, 0.5) is 0 Å². The highest BCUT2D eigenvalue weighted by atomic mass is 16.5. The van der Waals surface area contributed by atoms with Gasteiger partial charge in [0.15, 0.2) is 0 Å². The van der Waals surface area contributed by atoms with Crippen LogP contribution in [0.3, 0.4) is 0 Å². The van der Waals surface area contributed by atoms with Gasteiger partial charge in [0.25, 0.3) is 0 Å². The molecule has 0 heterocycles. The molecular formula is C19H31NO. The number of hydrogen-bond donors (Lipinski definition) is 1. The Bertz CT molecular complexity index is 410. The molecule has 2 heteroatoms. The first-order valence-electron chi connectivity index (χ1n) is 8.65. The number of benzene rings is 1. The molecule has 1 aliphatic carbocycles. The molecule has 0 saturated heterocycles. The van der Waals surface area contributed by atoms with E-state index in [2.05, 4.69) is 37.4 Å². The molecule has 0 radical (unpaired) electrons. The van der Waals surface area contributed by atoms with Crippen LogP contribution >= 0.6 is 0 Å². The Morgan fingerprint density at radius 2 is 1.90 bits per heavy atom. The van der Waals surface area contributed by atoms with E-state index in [1.807, 2.05) is 13.0 Å². The highest BCUT2D eigenvalue weighted by Crippen LogP contribution is 2.30. The molecular weight excluding hydrogens is 258 g/mol. The zero-order valence-electron chi connectivity index (χ0n) is 13.9. The Balaban J connectivity index is 1.78. The van der Waals surface area contributed by atoms with Gasteiger partial charge in [0.05, 0.1) is 6.61 Å². The molecule has 1 fully saturated rings. The average molecular weight is 289 g/mol. The predicted octanol–water partition coefficient (Wildman–Crippen LogP) is 4.95. The quantitative estimate of drug-likeness (QED) is 0.766. The summed E-state index contributed by atoms with van der Waals surface area (Å²) in [4.78, 5) is 0. The van der Waals surface area contributed by atoms with Crippen LogP contribution in [0.2, 0.25) is 0 Å². The van der Waals surface area contributed by atoms with Gasteiger partial charge in [0.1, 0.15) is 5.75 Å². The van der Waals surface area contributed by atoms with Crippen molar-refractivity contribution in [3.8, 4) is 5.75 Å². The number of rotatable bonds is 7. The molecule has 1 unspecified atom stereocenters. The second kappa shape index (κ2) is 8.43. The minimum atomic E-state index is 0.357. The third kappa shape index (κ3) is 5.03. The van der Waals surface area contributed by atoms with E-state index in [1.165, 1.54) is 37.7 Å². The summed E-state index contributed by atoms with van der Waals surface area (Å²) < 4.78 is 5.73. The van der Waals surface area contributed by atoms with Crippen LogP contribution in [0.15, 0.2) is 24.3 Å². The molecule has 1 atom stereocenters. The fourth-order valence-electron chi connectivity index (χ4n) is 3.36. The predicted molar refractivity (Wildman–Crippen MR) is 89.8 cm³/mol. The van der Waals surface area contributed by atoms with E-state index in [1.54, 1.807) is 0 Å². The van der Waals surface area contributed by atoms with Crippen molar-refractivity contribution in [3.63, 3.8) is 0 Å². The number of nitrogens with one attached hydrogen (secondary N) is 1. The zero-order valence-corrected chi connectivity index (χ0v) is 13.9. The molecule has 1 aromatic rings. The largest absolute Gasteiger partial charge is 0.494 e. The van der Waals surface area contributed by atoms with Crippen molar-refractivity contribution in [3.05, 3.63) is 29.8 Å². The van der Waals surface area contributed by atoms with Crippen molar-refractivity contribution in [2.24, 2.45) is 11.8 Å². The van der Waals surface area contributed by atoms with Crippen molar-refractivity contribution >= 4 is 0 Å². The van der Waals surface area contributed by atoms with Crippen LogP contribution in [0.25, 0.3) is 0 Å². The van der Waals surface area contributed by atoms with Gasteiger partial charge < -0.3 is 10.1 Å². The molecule has 0 amide bonds. The van der Waals surface area contributed by atoms with Gasteiger partial charge in [-0.3, -0.25) is 0 Å².